The molecule has 0 aliphatic carbocycles. The number of likely N-dealkylation sites (tertiary alicyclic amines) is 1. The van der Waals surface area contributed by atoms with E-state index in [1.54, 1.807) is 26.0 Å². The number of carboxylic acid groups (broad SMARTS) is 1. The van der Waals surface area contributed by atoms with Crippen LogP contribution in [0.5, 0.6) is 11.5 Å². The molecule has 22 nitrogen and oxygen atoms in total. The minimum Gasteiger partial charge on any atom is -0.508 e. The van der Waals surface area contributed by atoms with Crippen LogP contribution in [0.3, 0.4) is 0 Å². The van der Waals surface area contributed by atoms with Gasteiger partial charge in [0.15, 0.2) is 0 Å². The van der Waals surface area contributed by atoms with Crippen LogP contribution in [0.2, 0.25) is 0 Å². The van der Waals surface area contributed by atoms with Crippen LogP contribution in [0.15, 0.2) is 48.5 Å². The lowest BCUT2D eigenvalue weighted by atomic mass is 9.98. The number of aliphatic carboxylic acids is 1. The van der Waals surface area contributed by atoms with E-state index in [9.17, 15) is 63.6 Å². The standard InChI is InChI=1S/C46H67N9O13/c1-6-25(4)38(46(67)68)54-41(62)32(17-18-37(48)59)50-44(65)36-8-7-19-55(36)45(66)34(22-28-11-15-30(58)16-12-28)52-43(64)35(23-56)53-39(60)26(5)49-42(63)33(20-24(2)3)51-40(61)31(47)21-27-9-13-29(57)14-10-27/h9-16,24-26,31-36,38,56-58H,6-8,17-23,47H2,1-5H3,(H2,48,59)(H,49,63)(H,50,65)(H,51,61)(H,52,64)(H,53,60)(H,54,62)(H,67,68)/t25-,26-,31-,32-,33-,34-,35-,36-,38-/m0/s1. The van der Waals surface area contributed by atoms with Gasteiger partial charge in [-0.1, -0.05) is 58.4 Å². The molecule has 14 N–H and O–H groups in total. The smallest absolute Gasteiger partial charge is 0.326 e. The van der Waals surface area contributed by atoms with Crippen molar-refractivity contribution in [2.75, 3.05) is 13.2 Å². The Kier molecular flexibility index (Phi) is 21.6. The van der Waals surface area contributed by atoms with Crippen molar-refractivity contribution in [2.24, 2.45) is 23.3 Å². The van der Waals surface area contributed by atoms with Crippen LogP contribution in [-0.4, -0.2) is 140 Å². The topological polar surface area (TPSA) is 362 Å². The zero-order valence-corrected chi connectivity index (χ0v) is 39.0. The predicted molar refractivity (Wildman–Crippen MR) is 246 cm³/mol. The number of aliphatic hydroxyl groups is 1. The Hall–Kier alpha value is -6.81. The molecule has 1 aliphatic rings. The maximum Gasteiger partial charge on any atom is 0.326 e. The number of phenols is 2. The molecule has 0 aromatic heterocycles. The summed E-state index contributed by atoms with van der Waals surface area (Å²) < 4.78 is 0. The molecular formula is C46H67N9O13. The summed E-state index contributed by atoms with van der Waals surface area (Å²) in [7, 11) is 0. The lowest BCUT2D eigenvalue weighted by Crippen LogP contribution is -2.60. The summed E-state index contributed by atoms with van der Waals surface area (Å²) in [6.07, 6.45) is 0.335. The third-order valence-corrected chi connectivity index (χ3v) is 11.6. The molecule has 1 fully saturated rings. The number of amides is 8. The largest absolute Gasteiger partial charge is 0.508 e. The van der Waals surface area contributed by atoms with Crippen molar-refractivity contribution in [3.8, 4) is 11.5 Å². The van der Waals surface area contributed by atoms with Gasteiger partial charge in [-0.3, -0.25) is 38.4 Å². The first-order valence-corrected chi connectivity index (χ1v) is 22.6. The van der Waals surface area contributed by atoms with Crippen LogP contribution in [-0.2, 0) is 56.0 Å². The molecule has 3 rings (SSSR count). The SMILES string of the molecule is CC[C@H](C)[C@H](NC(=O)[C@H](CCC(N)=O)NC(=O)[C@@H]1CCCN1C(=O)[C@H](Cc1ccc(O)cc1)NC(=O)[C@H](CO)NC(=O)[C@H](C)NC(=O)[C@H](CC(C)C)NC(=O)[C@@H](N)Cc1ccc(O)cc1)C(=O)O. The molecular weight excluding hydrogens is 887 g/mol. The average molecular weight is 954 g/mol. The number of rotatable bonds is 26. The number of carbonyl (C=O) groups is 9. The first kappa shape index (κ1) is 55.5. The fourth-order valence-electron chi connectivity index (χ4n) is 7.43. The van der Waals surface area contributed by atoms with Gasteiger partial charge in [0.05, 0.1) is 12.6 Å². The number of carbonyl (C=O) groups excluding carboxylic acids is 8. The van der Waals surface area contributed by atoms with E-state index in [-0.39, 0.29) is 62.5 Å². The Morgan fingerprint density at radius 2 is 1.22 bits per heavy atom. The molecule has 2 aromatic carbocycles. The number of primary amides is 1. The molecule has 9 atom stereocenters. The van der Waals surface area contributed by atoms with Gasteiger partial charge in [0.2, 0.25) is 47.3 Å². The predicted octanol–water partition coefficient (Wildman–Crippen LogP) is -1.44. The molecule has 0 bridgehead atoms. The van der Waals surface area contributed by atoms with Crippen LogP contribution in [0.1, 0.15) is 84.3 Å². The summed E-state index contributed by atoms with van der Waals surface area (Å²) in [5, 5.41) is 54.5. The first-order valence-electron chi connectivity index (χ1n) is 22.6. The Morgan fingerprint density at radius 3 is 1.75 bits per heavy atom. The van der Waals surface area contributed by atoms with Gasteiger partial charge >= 0.3 is 5.97 Å². The highest BCUT2D eigenvalue weighted by Gasteiger charge is 2.40. The second-order valence-corrected chi connectivity index (χ2v) is 17.5. The molecule has 374 valence electrons. The summed E-state index contributed by atoms with van der Waals surface area (Å²) >= 11 is 0. The summed E-state index contributed by atoms with van der Waals surface area (Å²) in [5.74, 6) is -8.40. The number of aliphatic hydroxyl groups excluding tert-OH is 1. The minimum atomic E-state index is -1.66. The second-order valence-electron chi connectivity index (χ2n) is 17.5. The molecule has 22 heteroatoms. The highest BCUT2D eigenvalue weighted by molar-refractivity contribution is 5.98. The summed E-state index contributed by atoms with van der Waals surface area (Å²) in [4.78, 5) is 120. The van der Waals surface area contributed by atoms with E-state index in [1.807, 2.05) is 13.8 Å². The van der Waals surface area contributed by atoms with Crippen molar-refractivity contribution in [1.29, 1.82) is 0 Å². The average Bonchev–Trinajstić information content (AvgIpc) is 3.79. The Bertz CT molecular complexity index is 2090. The maximum atomic E-state index is 14.4. The van der Waals surface area contributed by atoms with E-state index in [1.165, 1.54) is 48.2 Å². The molecule has 8 amide bonds. The number of nitrogens with zero attached hydrogens (tertiary/aromatic N) is 1. The number of hydrogen-bond acceptors (Lipinski definition) is 13. The number of benzene rings is 2. The number of hydrogen-bond donors (Lipinski definition) is 12. The number of nitrogens with one attached hydrogen (secondary N) is 6. The van der Waals surface area contributed by atoms with Crippen molar-refractivity contribution in [1.82, 2.24) is 36.8 Å². The number of phenolic OH excluding ortho intramolecular Hbond substituents is 2. The molecule has 68 heavy (non-hydrogen) atoms. The fourth-order valence-corrected chi connectivity index (χ4v) is 7.43. The second kappa shape index (κ2) is 26.5. The van der Waals surface area contributed by atoms with Crippen LogP contribution in [0, 0.1) is 11.8 Å². The van der Waals surface area contributed by atoms with Gasteiger partial charge in [-0.2, -0.15) is 0 Å². The molecule has 0 unspecified atom stereocenters. The van der Waals surface area contributed by atoms with E-state index >= 15 is 0 Å². The number of carboxylic acids is 1. The minimum absolute atomic E-state index is 0.0338. The number of nitrogens with two attached hydrogens (primary N) is 2. The maximum absolute atomic E-state index is 14.4. The van der Waals surface area contributed by atoms with Crippen LogP contribution < -0.4 is 43.4 Å². The third-order valence-electron chi connectivity index (χ3n) is 11.6. The van der Waals surface area contributed by atoms with E-state index in [0.717, 1.165) is 0 Å². The Balaban J connectivity index is 1.77. The lowest BCUT2D eigenvalue weighted by Gasteiger charge is -2.31. The molecule has 1 saturated heterocycles. The van der Waals surface area contributed by atoms with E-state index < -0.39 is 114 Å². The van der Waals surface area contributed by atoms with Crippen LogP contribution in [0.4, 0.5) is 0 Å². The zero-order chi connectivity index (χ0) is 50.8. The van der Waals surface area contributed by atoms with E-state index in [0.29, 0.717) is 24.0 Å². The van der Waals surface area contributed by atoms with Gasteiger partial charge in [0.25, 0.3) is 0 Å². The highest BCUT2D eigenvalue weighted by atomic mass is 16.4. The Labute approximate surface area is 394 Å². The first-order chi connectivity index (χ1) is 32.0. The third kappa shape index (κ3) is 17.1. The van der Waals surface area contributed by atoms with Crippen molar-refractivity contribution < 1.29 is 63.6 Å². The van der Waals surface area contributed by atoms with Gasteiger partial charge in [0, 0.05) is 19.4 Å². The van der Waals surface area contributed by atoms with Gasteiger partial charge in [0.1, 0.15) is 53.8 Å². The van der Waals surface area contributed by atoms with Crippen molar-refractivity contribution in [3.63, 3.8) is 0 Å². The number of aromatic hydroxyl groups is 2. The fraction of sp³-hybridized carbons (Fsp3) is 0.543. The van der Waals surface area contributed by atoms with E-state index in [4.69, 9.17) is 11.5 Å². The van der Waals surface area contributed by atoms with Gasteiger partial charge < -0.3 is 68.7 Å². The Morgan fingerprint density at radius 1 is 0.691 bits per heavy atom. The lowest BCUT2D eigenvalue weighted by molar-refractivity contribution is -0.144. The zero-order valence-electron chi connectivity index (χ0n) is 39.0. The van der Waals surface area contributed by atoms with Crippen LogP contribution in [0.25, 0.3) is 0 Å². The molecule has 0 spiro atoms. The summed E-state index contributed by atoms with van der Waals surface area (Å²) in [6.45, 7) is 7.40. The van der Waals surface area contributed by atoms with Gasteiger partial charge in [-0.15, -0.1) is 0 Å². The van der Waals surface area contributed by atoms with Gasteiger partial charge in [-0.25, -0.2) is 4.79 Å². The molecule has 0 radical (unpaired) electrons. The van der Waals surface area contributed by atoms with E-state index in [2.05, 4.69) is 31.9 Å². The van der Waals surface area contributed by atoms with Crippen molar-refractivity contribution in [3.05, 3.63) is 59.7 Å². The van der Waals surface area contributed by atoms with Crippen molar-refractivity contribution in [2.45, 2.75) is 134 Å². The molecule has 1 heterocycles. The van der Waals surface area contributed by atoms with Gasteiger partial charge in [-0.05, 0) is 86.3 Å². The normalized spacial score (nSPS) is 16.9. The quantitative estimate of drug-likeness (QED) is 0.0515. The molecule has 1 aliphatic heterocycles. The summed E-state index contributed by atoms with van der Waals surface area (Å²) in [6, 6.07) is 1.36. The highest BCUT2D eigenvalue weighted by Crippen LogP contribution is 2.22. The van der Waals surface area contributed by atoms with Crippen molar-refractivity contribution >= 4 is 53.2 Å². The monoisotopic (exact) mass is 953 g/mol. The molecule has 2 aromatic rings. The summed E-state index contributed by atoms with van der Waals surface area (Å²) in [5.41, 5.74) is 12.6. The molecule has 0 saturated carbocycles. The van der Waals surface area contributed by atoms with Crippen LogP contribution >= 0.6 is 0 Å².